The summed E-state index contributed by atoms with van der Waals surface area (Å²) in [5.74, 6) is 0. The molecule has 4 heteroatoms. The Balaban J connectivity index is 2.00. The fourth-order valence-electron chi connectivity index (χ4n) is 2.28. The molecule has 0 saturated carbocycles. The Labute approximate surface area is 96.8 Å². The van der Waals surface area contributed by atoms with Gasteiger partial charge in [-0.2, -0.15) is 5.10 Å². The van der Waals surface area contributed by atoms with Gasteiger partial charge in [-0.15, -0.1) is 0 Å². The quantitative estimate of drug-likeness (QED) is 0.841. The van der Waals surface area contributed by atoms with E-state index in [1.807, 2.05) is 10.9 Å². The maximum atomic E-state index is 6.42. The number of hydrogen-bond acceptors (Lipinski definition) is 3. The highest BCUT2D eigenvalue weighted by molar-refractivity contribution is 5.10. The van der Waals surface area contributed by atoms with Crippen LogP contribution in [0.4, 0.5) is 0 Å². The maximum absolute atomic E-state index is 6.42. The molecule has 1 atom stereocenters. The van der Waals surface area contributed by atoms with Crippen molar-refractivity contribution in [1.29, 1.82) is 0 Å². The Kier molecular flexibility index (Phi) is 3.61. The fraction of sp³-hybridized carbons (Fsp3) is 0.750. The van der Waals surface area contributed by atoms with Gasteiger partial charge < -0.3 is 10.5 Å². The van der Waals surface area contributed by atoms with Crippen LogP contribution < -0.4 is 5.73 Å². The zero-order valence-electron chi connectivity index (χ0n) is 9.98. The van der Waals surface area contributed by atoms with Crippen molar-refractivity contribution in [3.63, 3.8) is 0 Å². The van der Waals surface area contributed by atoms with Gasteiger partial charge in [0.1, 0.15) is 0 Å². The van der Waals surface area contributed by atoms with Crippen LogP contribution in [0.15, 0.2) is 12.4 Å². The third-order valence-electron chi connectivity index (χ3n) is 3.27. The average molecular weight is 223 g/mol. The van der Waals surface area contributed by atoms with Crippen LogP contribution >= 0.6 is 0 Å². The van der Waals surface area contributed by atoms with Gasteiger partial charge in [0.25, 0.3) is 0 Å². The summed E-state index contributed by atoms with van der Waals surface area (Å²) in [5.41, 5.74) is 7.57. The monoisotopic (exact) mass is 223 g/mol. The van der Waals surface area contributed by atoms with Crippen LogP contribution in [0.2, 0.25) is 0 Å². The summed E-state index contributed by atoms with van der Waals surface area (Å²) < 4.78 is 7.40. The summed E-state index contributed by atoms with van der Waals surface area (Å²) in [6.45, 7) is 4.65. The molecule has 0 radical (unpaired) electrons. The molecule has 16 heavy (non-hydrogen) atoms. The van der Waals surface area contributed by atoms with Crippen molar-refractivity contribution >= 4 is 0 Å². The van der Waals surface area contributed by atoms with Crippen molar-refractivity contribution in [2.24, 2.45) is 5.73 Å². The average Bonchev–Trinajstić information content (AvgIpc) is 2.60. The third-order valence-corrected chi connectivity index (χ3v) is 3.27. The molecule has 4 nitrogen and oxygen atoms in total. The highest BCUT2D eigenvalue weighted by atomic mass is 16.5. The molecule has 0 aliphatic carbocycles. The zero-order valence-corrected chi connectivity index (χ0v) is 9.98. The van der Waals surface area contributed by atoms with Gasteiger partial charge in [0.2, 0.25) is 0 Å². The van der Waals surface area contributed by atoms with Crippen LogP contribution in [0, 0.1) is 0 Å². The van der Waals surface area contributed by atoms with Gasteiger partial charge in [-0.25, -0.2) is 0 Å². The topological polar surface area (TPSA) is 53.1 Å². The lowest BCUT2D eigenvalue weighted by molar-refractivity contribution is 0.139. The Hall–Kier alpha value is -0.870. The standard InChI is InChI=1S/C12H21N3O/c1-2-15-10-11(9-14-15)8-12(13)4-3-6-16-7-5-12/h9-10H,2-8,13H2,1H3. The summed E-state index contributed by atoms with van der Waals surface area (Å²) in [7, 11) is 0. The lowest BCUT2D eigenvalue weighted by atomic mass is 9.86. The molecule has 90 valence electrons. The van der Waals surface area contributed by atoms with Gasteiger partial charge in [-0.05, 0) is 38.2 Å². The first kappa shape index (κ1) is 11.6. The van der Waals surface area contributed by atoms with Crippen molar-refractivity contribution in [3.8, 4) is 0 Å². The Morgan fingerprint density at radius 1 is 1.50 bits per heavy atom. The summed E-state index contributed by atoms with van der Waals surface area (Å²) >= 11 is 0. The number of hydrogen-bond donors (Lipinski definition) is 1. The van der Waals surface area contributed by atoms with E-state index in [1.165, 1.54) is 5.56 Å². The number of nitrogens with zero attached hydrogens (tertiary/aromatic N) is 2. The summed E-state index contributed by atoms with van der Waals surface area (Å²) in [5, 5.41) is 4.28. The van der Waals surface area contributed by atoms with Crippen molar-refractivity contribution in [2.45, 2.75) is 44.7 Å². The van der Waals surface area contributed by atoms with Crippen molar-refractivity contribution in [2.75, 3.05) is 13.2 Å². The van der Waals surface area contributed by atoms with E-state index in [9.17, 15) is 0 Å². The predicted molar refractivity (Wildman–Crippen MR) is 63.2 cm³/mol. The van der Waals surface area contributed by atoms with E-state index in [4.69, 9.17) is 10.5 Å². The molecule has 1 fully saturated rings. The predicted octanol–water partition coefficient (Wildman–Crippen LogP) is 1.34. The van der Waals surface area contributed by atoms with Crippen LogP contribution in [0.25, 0.3) is 0 Å². The second-order valence-corrected chi connectivity index (χ2v) is 4.71. The number of rotatable bonds is 3. The van der Waals surface area contributed by atoms with Gasteiger partial charge in [-0.3, -0.25) is 4.68 Å². The molecule has 1 saturated heterocycles. The highest BCUT2D eigenvalue weighted by Crippen LogP contribution is 2.22. The first-order valence-electron chi connectivity index (χ1n) is 6.10. The van der Waals surface area contributed by atoms with E-state index >= 15 is 0 Å². The Morgan fingerprint density at radius 2 is 2.38 bits per heavy atom. The molecule has 0 amide bonds. The largest absolute Gasteiger partial charge is 0.381 e. The molecule has 0 aromatic carbocycles. The lowest BCUT2D eigenvalue weighted by Crippen LogP contribution is -2.42. The van der Waals surface area contributed by atoms with E-state index < -0.39 is 0 Å². The highest BCUT2D eigenvalue weighted by Gasteiger charge is 2.27. The number of aryl methyl sites for hydroxylation is 1. The minimum atomic E-state index is -0.0991. The summed E-state index contributed by atoms with van der Waals surface area (Å²) in [4.78, 5) is 0. The van der Waals surface area contributed by atoms with Gasteiger partial charge in [-0.1, -0.05) is 0 Å². The molecule has 1 aromatic heterocycles. The van der Waals surface area contributed by atoms with E-state index in [0.717, 1.165) is 45.4 Å². The number of nitrogens with two attached hydrogens (primary N) is 1. The molecule has 0 bridgehead atoms. The second kappa shape index (κ2) is 4.97. The van der Waals surface area contributed by atoms with E-state index in [2.05, 4.69) is 18.2 Å². The lowest BCUT2D eigenvalue weighted by Gasteiger charge is -2.26. The van der Waals surface area contributed by atoms with E-state index in [1.54, 1.807) is 0 Å². The molecule has 1 aromatic rings. The van der Waals surface area contributed by atoms with Crippen molar-refractivity contribution < 1.29 is 4.74 Å². The second-order valence-electron chi connectivity index (χ2n) is 4.71. The van der Waals surface area contributed by atoms with Crippen LogP contribution in [-0.4, -0.2) is 28.5 Å². The number of ether oxygens (including phenoxy) is 1. The molecule has 1 unspecified atom stereocenters. The summed E-state index contributed by atoms with van der Waals surface area (Å²) in [6, 6.07) is 0. The molecule has 1 aliphatic rings. The molecule has 2 heterocycles. The SMILES string of the molecule is CCn1cc(CC2(N)CCCOCC2)cn1. The number of aromatic nitrogens is 2. The van der Waals surface area contributed by atoms with Crippen LogP contribution in [0.5, 0.6) is 0 Å². The van der Waals surface area contributed by atoms with Gasteiger partial charge in [0, 0.05) is 31.5 Å². The van der Waals surface area contributed by atoms with Gasteiger partial charge in [0.15, 0.2) is 0 Å². The van der Waals surface area contributed by atoms with E-state index in [0.29, 0.717) is 0 Å². The van der Waals surface area contributed by atoms with Gasteiger partial charge in [0.05, 0.1) is 6.20 Å². The van der Waals surface area contributed by atoms with Crippen molar-refractivity contribution in [3.05, 3.63) is 18.0 Å². The first-order chi connectivity index (χ1) is 7.72. The van der Waals surface area contributed by atoms with Crippen molar-refractivity contribution in [1.82, 2.24) is 9.78 Å². The van der Waals surface area contributed by atoms with Crippen LogP contribution in [-0.2, 0) is 17.7 Å². The fourth-order valence-corrected chi connectivity index (χ4v) is 2.28. The molecule has 1 aliphatic heterocycles. The summed E-state index contributed by atoms with van der Waals surface area (Å²) in [6.07, 6.45) is 8.01. The molecule has 0 spiro atoms. The van der Waals surface area contributed by atoms with Crippen LogP contribution in [0.3, 0.4) is 0 Å². The Morgan fingerprint density at radius 3 is 3.12 bits per heavy atom. The molecule has 2 rings (SSSR count). The minimum absolute atomic E-state index is 0.0991. The zero-order chi connectivity index (χ0) is 11.4. The first-order valence-corrected chi connectivity index (χ1v) is 6.10. The molecule has 2 N–H and O–H groups in total. The van der Waals surface area contributed by atoms with E-state index in [-0.39, 0.29) is 5.54 Å². The normalized spacial score (nSPS) is 26.6. The maximum Gasteiger partial charge on any atom is 0.0522 e. The molecular weight excluding hydrogens is 202 g/mol. The third kappa shape index (κ3) is 2.83. The Bertz CT molecular complexity index is 327. The van der Waals surface area contributed by atoms with Crippen LogP contribution in [0.1, 0.15) is 31.7 Å². The van der Waals surface area contributed by atoms with Gasteiger partial charge >= 0.3 is 0 Å². The molecular formula is C12H21N3O. The minimum Gasteiger partial charge on any atom is -0.381 e. The smallest absolute Gasteiger partial charge is 0.0522 e.